The molecule has 0 aromatic heterocycles. The number of halogens is 2. The Kier molecular flexibility index (Phi) is 7.82. The molecule has 3 rings (SSSR count). The number of rotatable bonds is 8. The third-order valence-corrected chi connectivity index (χ3v) is 4.78. The smallest absolute Gasteiger partial charge is 0.271 e. The van der Waals surface area contributed by atoms with Crippen LogP contribution in [0.1, 0.15) is 15.9 Å². The van der Waals surface area contributed by atoms with Crippen molar-refractivity contribution in [3.05, 3.63) is 98.3 Å². The van der Waals surface area contributed by atoms with Gasteiger partial charge in [-0.2, -0.15) is 5.10 Å². The lowest BCUT2D eigenvalue weighted by Crippen LogP contribution is -2.20. The van der Waals surface area contributed by atoms with E-state index in [4.69, 9.17) is 4.74 Å². The molecule has 0 spiro atoms. The molecule has 11 heteroatoms. The van der Waals surface area contributed by atoms with Gasteiger partial charge in [0, 0.05) is 23.4 Å². The summed E-state index contributed by atoms with van der Waals surface area (Å²) in [6, 6.07) is 15.4. The summed E-state index contributed by atoms with van der Waals surface area (Å²) < 4.78 is 18.9. The average molecular weight is 515 g/mol. The van der Waals surface area contributed by atoms with Crippen molar-refractivity contribution in [2.45, 2.75) is 0 Å². The van der Waals surface area contributed by atoms with Gasteiger partial charge in [0.15, 0.2) is 6.61 Å². The summed E-state index contributed by atoms with van der Waals surface area (Å²) in [6.45, 7) is -0.255. The number of anilines is 1. The zero-order chi connectivity index (χ0) is 23.8. The molecule has 0 aliphatic heterocycles. The highest BCUT2D eigenvalue weighted by atomic mass is 79.9. The predicted octanol–water partition coefficient (Wildman–Crippen LogP) is 4.28. The Bertz CT molecular complexity index is 1200. The summed E-state index contributed by atoms with van der Waals surface area (Å²) in [5.74, 6) is -0.917. The van der Waals surface area contributed by atoms with Crippen molar-refractivity contribution in [3.8, 4) is 5.75 Å². The summed E-state index contributed by atoms with van der Waals surface area (Å²) in [6.07, 6.45) is 1.40. The highest BCUT2D eigenvalue weighted by Gasteiger charge is 2.09. The predicted molar refractivity (Wildman–Crippen MR) is 123 cm³/mol. The monoisotopic (exact) mass is 514 g/mol. The van der Waals surface area contributed by atoms with Gasteiger partial charge >= 0.3 is 0 Å². The number of benzene rings is 3. The van der Waals surface area contributed by atoms with Gasteiger partial charge in [-0.25, -0.2) is 9.82 Å². The molecule has 2 amide bonds. The van der Waals surface area contributed by atoms with E-state index >= 15 is 0 Å². The van der Waals surface area contributed by atoms with Gasteiger partial charge in [-0.05, 0) is 76.1 Å². The standard InChI is InChI=1S/C22H16BrFN4O5/c23-19-11-14(12-25-27-22(30)15-2-8-18(9-3-15)28(31)32)1-10-20(19)33-13-21(29)26-17-6-4-16(24)5-7-17/h1-12H,13H2,(H,26,29)(H,27,30)/b25-12+. The van der Waals surface area contributed by atoms with Gasteiger partial charge in [0.2, 0.25) is 0 Å². The molecule has 0 heterocycles. The van der Waals surface area contributed by atoms with Gasteiger partial charge in [-0.3, -0.25) is 19.7 Å². The lowest BCUT2D eigenvalue weighted by Gasteiger charge is -2.09. The first-order valence-electron chi connectivity index (χ1n) is 9.37. The fourth-order valence-corrected chi connectivity index (χ4v) is 3.06. The second-order valence-electron chi connectivity index (χ2n) is 6.54. The van der Waals surface area contributed by atoms with Crippen LogP contribution in [-0.2, 0) is 4.79 Å². The molecule has 3 aromatic carbocycles. The molecule has 0 fully saturated rings. The fourth-order valence-electron chi connectivity index (χ4n) is 2.55. The van der Waals surface area contributed by atoms with Gasteiger partial charge in [0.05, 0.1) is 15.6 Å². The fraction of sp³-hybridized carbons (Fsp3) is 0.0455. The second kappa shape index (κ2) is 11.0. The molecule has 0 saturated heterocycles. The molecule has 3 aromatic rings. The molecule has 0 saturated carbocycles. The molecule has 0 atom stereocenters. The number of hydrogen-bond acceptors (Lipinski definition) is 6. The Morgan fingerprint density at radius 1 is 1.09 bits per heavy atom. The van der Waals surface area contributed by atoms with E-state index in [-0.39, 0.29) is 17.9 Å². The Morgan fingerprint density at radius 2 is 1.79 bits per heavy atom. The molecule has 0 radical (unpaired) electrons. The quantitative estimate of drug-likeness (QED) is 0.264. The SMILES string of the molecule is O=C(COc1ccc(/C=N/NC(=O)c2ccc([N+](=O)[O-])cc2)cc1Br)Nc1ccc(F)cc1. The van der Waals surface area contributed by atoms with Crippen LogP contribution in [0.4, 0.5) is 15.8 Å². The molecule has 9 nitrogen and oxygen atoms in total. The Morgan fingerprint density at radius 3 is 2.42 bits per heavy atom. The van der Waals surface area contributed by atoms with Crippen molar-refractivity contribution in [2.75, 3.05) is 11.9 Å². The van der Waals surface area contributed by atoms with Crippen molar-refractivity contribution in [3.63, 3.8) is 0 Å². The molecular weight excluding hydrogens is 499 g/mol. The third kappa shape index (κ3) is 6.94. The minimum absolute atomic E-state index is 0.116. The number of nitro groups is 1. The first-order chi connectivity index (χ1) is 15.8. The van der Waals surface area contributed by atoms with Gasteiger partial charge < -0.3 is 10.1 Å². The van der Waals surface area contributed by atoms with Crippen LogP contribution in [0, 0.1) is 15.9 Å². The van der Waals surface area contributed by atoms with Crippen LogP contribution >= 0.6 is 15.9 Å². The lowest BCUT2D eigenvalue weighted by atomic mass is 10.2. The third-order valence-electron chi connectivity index (χ3n) is 4.16. The summed E-state index contributed by atoms with van der Waals surface area (Å²) in [5, 5.41) is 17.1. The molecule has 2 N–H and O–H groups in total. The number of nitrogens with one attached hydrogen (secondary N) is 2. The first kappa shape index (κ1) is 23.5. The first-order valence-corrected chi connectivity index (χ1v) is 10.2. The highest BCUT2D eigenvalue weighted by molar-refractivity contribution is 9.10. The number of carbonyl (C=O) groups excluding carboxylic acids is 2. The number of carbonyl (C=O) groups is 2. The van der Waals surface area contributed by atoms with Gasteiger partial charge in [-0.1, -0.05) is 0 Å². The van der Waals surface area contributed by atoms with E-state index in [2.05, 4.69) is 31.8 Å². The largest absolute Gasteiger partial charge is 0.483 e. The number of hydrogen-bond donors (Lipinski definition) is 2. The van der Waals surface area contributed by atoms with Crippen molar-refractivity contribution < 1.29 is 23.6 Å². The number of nitrogens with zero attached hydrogens (tertiary/aromatic N) is 2. The molecule has 0 aliphatic carbocycles. The topological polar surface area (TPSA) is 123 Å². The Labute approximate surface area is 195 Å². The average Bonchev–Trinajstić information content (AvgIpc) is 2.80. The molecule has 33 heavy (non-hydrogen) atoms. The Balaban J connectivity index is 1.51. The van der Waals surface area contributed by atoms with Gasteiger partial charge in [0.1, 0.15) is 11.6 Å². The van der Waals surface area contributed by atoms with Crippen LogP contribution in [0.3, 0.4) is 0 Å². The van der Waals surface area contributed by atoms with Crippen LogP contribution in [0.5, 0.6) is 5.75 Å². The van der Waals surface area contributed by atoms with Crippen molar-refractivity contribution in [1.29, 1.82) is 0 Å². The molecule has 168 valence electrons. The Hall–Kier alpha value is -4.12. The van der Waals surface area contributed by atoms with E-state index in [1.807, 2.05) is 0 Å². The normalized spacial score (nSPS) is 10.6. The lowest BCUT2D eigenvalue weighted by molar-refractivity contribution is -0.384. The van der Waals surface area contributed by atoms with E-state index in [9.17, 15) is 24.1 Å². The van der Waals surface area contributed by atoms with Crippen molar-refractivity contribution in [2.24, 2.45) is 5.10 Å². The van der Waals surface area contributed by atoms with Crippen LogP contribution in [0.25, 0.3) is 0 Å². The van der Waals surface area contributed by atoms with Crippen molar-refractivity contribution >= 4 is 45.3 Å². The molecule has 0 bridgehead atoms. The minimum atomic E-state index is -0.553. The second-order valence-corrected chi connectivity index (χ2v) is 7.39. The zero-order valence-electron chi connectivity index (χ0n) is 16.8. The van der Waals surface area contributed by atoms with E-state index in [0.717, 1.165) is 0 Å². The summed E-state index contributed by atoms with van der Waals surface area (Å²) in [7, 11) is 0. The number of nitro benzene ring substituents is 1. The zero-order valence-corrected chi connectivity index (χ0v) is 18.4. The number of amides is 2. The van der Waals surface area contributed by atoms with Gasteiger partial charge in [0.25, 0.3) is 17.5 Å². The van der Waals surface area contributed by atoms with E-state index in [0.29, 0.717) is 21.5 Å². The van der Waals surface area contributed by atoms with Crippen LogP contribution in [0.2, 0.25) is 0 Å². The van der Waals surface area contributed by atoms with E-state index < -0.39 is 22.6 Å². The van der Waals surface area contributed by atoms with Crippen LogP contribution in [0.15, 0.2) is 76.3 Å². The van der Waals surface area contributed by atoms with Crippen molar-refractivity contribution in [1.82, 2.24) is 5.43 Å². The van der Waals surface area contributed by atoms with E-state index in [1.54, 1.807) is 18.2 Å². The number of ether oxygens (including phenoxy) is 1. The maximum atomic E-state index is 12.9. The molecule has 0 aliphatic rings. The maximum absolute atomic E-state index is 12.9. The summed E-state index contributed by atoms with van der Waals surface area (Å²) >= 11 is 3.35. The summed E-state index contributed by atoms with van der Waals surface area (Å²) in [5.41, 5.74) is 3.53. The highest BCUT2D eigenvalue weighted by Crippen LogP contribution is 2.25. The number of non-ortho nitro benzene ring substituents is 1. The van der Waals surface area contributed by atoms with Gasteiger partial charge in [-0.15, -0.1) is 0 Å². The molecular formula is C22H16BrFN4O5. The maximum Gasteiger partial charge on any atom is 0.271 e. The minimum Gasteiger partial charge on any atom is -0.483 e. The van der Waals surface area contributed by atoms with Crippen LogP contribution < -0.4 is 15.5 Å². The molecule has 0 unspecified atom stereocenters. The number of hydrazone groups is 1. The van der Waals surface area contributed by atoms with Crippen LogP contribution in [-0.4, -0.2) is 29.6 Å². The van der Waals surface area contributed by atoms with E-state index in [1.165, 1.54) is 54.7 Å². The summed E-state index contributed by atoms with van der Waals surface area (Å²) in [4.78, 5) is 34.1.